The number of hydrogen-bond donors (Lipinski definition) is 1. The summed E-state index contributed by atoms with van der Waals surface area (Å²) in [5, 5.41) is 0. The van der Waals surface area contributed by atoms with Crippen LogP contribution in [0.4, 0.5) is 5.69 Å². The van der Waals surface area contributed by atoms with E-state index in [4.69, 9.17) is 15.2 Å². The minimum Gasteiger partial charge on any atom is -0.497 e. The van der Waals surface area contributed by atoms with Crippen LogP contribution in [0.3, 0.4) is 0 Å². The summed E-state index contributed by atoms with van der Waals surface area (Å²) in [5.41, 5.74) is 9.08. The number of ether oxygens (including phenoxy) is 2. The molecule has 3 heteroatoms. The summed E-state index contributed by atoms with van der Waals surface area (Å²) in [6.45, 7) is 6.47. The summed E-state index contributed by atoms with van der Waals surface area (Å²) in [6.07, 6.45) is 0. The molecule has 0 fully saturated rings. The molecular weight excluding hydrogens is 250 g/mol. The molecule has 2 rings (SSSR count). The maximum absolute atomic E-state index is 5.96. The van der Waals surface area contributed by atoms with Gasteiger partial charge in [0.05, 0.1) is 12.8 Å². The van der Waals surface area contributed by atoms with Crippen molar-refractivity contribution in [3.05, 3.63) is 47.5 Å². The van der Waals surface area contributed by atoms with E-state index < -0.39 is 0 Å². The van der Waals surface area contributed by atoms with Gasteiger partial charge in [0.25, 0.3) is 0 Å². The quantitative estimate of drug-likeness (QED) is 0.832. The van der Waals surface area contributed by atoms with Crippen LogP contribution in [0.15, 0.2) is 36.4 Å². The predicted molar refractivity (Wildman–Crippen MR) is 82.7 cm³/mol. The lowest BCUT2D eigenvalue weighted by atomic mass is 9.98. The van der Waals surface area contributed by atoms with E-state index in [0.717, 1.165) is 11.5 Å². The molecule has 0 bridgehead atoms. The lowest BCUT2D eigenvalue weighted by Gasteiger charge is -2.13. The van der Waals surface area contributed by atoms with Crippen molar-refractivity contribution in [1.29, 1.82) is 0 Å². The van der Waals surface area contributed by atoms with Gasteiger partial charge < -0.3 is 15.2 Å². The van der Waals surface area contributed by atoms with Crippen molar-refractivity contribution < 1.29 is 9.47 Å². The van der Waals surface area contributed by atoms with Crippen molar-refractivity contribution in [2.45, 2.75) is 26.7 Å². The molecule has 3 nitrogen and oxygen atoms in total. The molecule has 0 spiro atoms. The van der Waals surface area contributed by atoms with Crippen molar-refractivity contribution in [2.24, 2.45) is 0 Å². The number of anilines is 1. The van der Waals surface area contributed by atoms with Gasteiger partial charge in [0.2, 0.25) is 0 Å². The van der Waals surface area contributed by atoms with Gasteiger partial charge >= 0.3 is 0 Å². The Kier molecular flexibility index (Phi) is 4.18. The minimum atomic E-state index is 0.509. The number of nitrogen functional groups attached to an aromatic ring is 1. The third-order valence-electron chi connectivity index (χ3n) is 3.31. The fourth-order valence-corrected chi connectivity index (χ4v) is 2.23. The van der Waals surface area contributed by atoms with Gasteiger partial charge in [-0.3, -0.25) is 0 Å². The Labute approximate surface area is 120 Å². The number of aryl methyl sites for hydroxylation is 1. The maximum Gasteiger partial charge on any atom is 0.150 e. The van der Waals surface area contributed by atoms with Gasteiger partial charge in [-0.2, -0.15) is 0 Å². The Bertz CT molecular complexity index is 606. The van der Waals surface area contributed by atoms with Crippen LogP contribution in [0.25, 0.3) is 0 Å². The van der Waals surface area contributed by atoms with Crippen LogP contribution in [0.2, 0.25) is 0 Å². The van der Waals surface area contributed by atoms with Crippen LogP contribution in [0.5, 0.6) is 17.2 Å². The zero-order chi connectivity index (χ0) is 14.7. The van der Waals surface area contributed by atoms with E-state index in [2.05, 4.69) is 26.8 Å². The number of rotatable bonds is 4. The first-order valence-corrected chi connectivity index (χ1v) is 6.73. The van der Waals surface area contributed by atoms with E-state index >= 15 is 0 Å². The highest BCUT2D eigenvalue weighted by molar-refractivity contribution is 5.57. The summed E-state index contributed by atoms with van der Waals surface area (Å²) in [7, 11) is 1.61. The number of benzene rings is 2. The normalized spacial score (nSPS) is 10.7. The van der Waals surface area contributed by atoms with E-state index in [0.29, 0.717) is 17.4 Å². The SMILES string of the molecule is COc1ccc(Oc2ccc(C(C)C)c(C)c2)c(N)c1. The molecule has 0 radical (unpaired) electrons. The first kappa shape index (κ1) is 14.3. The monoisotopic (exact) mass is 271 g/mol. The first-order chi connectivity index (χ1) is 9.51. The third kappa shape index (κ3) is 3.05. The molecule has 0 aliphatic heterocycles. The molecule has 0 atom stereocenters. The van der Waals surface area contributed by atoms with Crippen LogP contribution in [0.1, 0.15) is 30.9 Å². The molecule has 0 unspecified atom stereocenters. The highest BCUT2D eigenvalue weighted by Crippen LogP contribution is 2.32. The van der Waals surface area contributed by atoms with Crippen molar-refractivity contribution in [3.8, 4) is 17.2 Å². The molecule has 20 heavy (non-hydrogen) atoms. The van der Waals surface area contributed by atoms with Gasteiger partial charge in [0.15, 0.2) is 5.75 Å². The second-order valence-electron chi connectivity index (χ2n) is 5.18. The van der Waals surface area contributed by atoms with Crippen LogP contribution in [-0.2, 0) is 0 Å². The molecule has 106 valence electrons. The topological polar surface area (TPSA) is 44.5 Å². The summed E-state index contributed by atoms with van der Waals surface area (Å²) in [6, 6.07) is 11.5. The number of hydrogen-bond acceptors (Lipinski definition) is 3. The van der Waals surface area contributed by atoms with E-state index in [1.165, 1.54) is 11.1 Å². The van der Waals surface area contributed by atoms with E-state index in [9.17, 15) is 0 Å². The predicted octanol–water partition coefficient (Wildman–Crippen LogP) is 4.50. The zero-order valence-corrected chi connectivity index (χ0v) is 12.4. The first-order valence-electron chi connectivity index (χ1n) is 6.73. The number of methoxy groups -OCH3 is 1. The molecule has 0 aromatic heterocycles. The minimum absolute atomic E-state index is 0.509. The van der Waals surface area contributed by atoms with Crippen LogP contribution in [0, 0.1) is 6.92 Å². The summed E-state index contributed by atoms with van der Waals surface area (Å²) in [5.74, 6) is 2.67. The Hall–Kier alpha value is -2.16. The lowest BCUT2D eigenvalue weighted by molar-refractivity contribution is 0.413. The van der Waals surface area contributed by atoms with Crippen molar-refractivity contribution in [1.82, 2.24) is 0 Å². The van der Waals surface area contributed by atoms with Crippen molar-refractivity contribution in [3.63, 3.8) is 0 Å². The fraction of sp³-hybridized carbons (Fsp3) is 0.294. The third-order valence-corrected chi connectivity index (χ3v) is 3.31. The van der Waals surface area contributed by atoms with Gasteiger partial charge in [-0.1, -0.05) is 19.9 Å². The largest absolute Gasteiger partial charge is 0.497 e. The molecule has 0 heterocycles. The molecular formula is C17H21NO2. The molecule has 2 aromatic rings. The molecule has 0 saturated heterocycles. The second kappa shape index (κ2) is 5.87. The van der Waals surface area contributed by atoms with E-state index in [1.54, 1.807) is 13.2 Å². The fourth-order valence-electron chi connectivity index (χ4n) is 2.23. The molecule has 0 aliphatic carbocycles. The van der Waals surface area contributed by atoms with Crippen molar-refractivity contribution >= 4 is 5.69 Å². The second-order valence-corrected chi connectivity index (χ2v) is 5.18. The Balaban J connectivity index is 2.24. The van der Waals surface area contributed by atoms with Crippen molar-refractivity contribution in [2.75, 3.05) is 12.8 Å². The molecule has 0 saturated carbocycles. The Morgan fingerprint density at radius 1 is 1.00 bits per heavy atom. The average molecular weight is 271 g/mol. The molecule has 2 N–H and O–H groups in total. The van der Waals surface area contributed by atoms with E-state index in [1.807, 2.05) is 24.3 Å². The molecule has 2 aromatic carbocycles. The van der Waals surface area contributed by atoms with Crippen LogP contribution < -0.4 is 15.2 Å². The van der Waals surface area contributed by atoms with E-state index in [-0.39, 0.29) is 0 Å². The van der Waals surface area contributed by atoms with Gasteiger partial charge in [0, 0.05) is 6.07 Å². The summed E-state index contributed by atoms with van der Waals surface area (Å²) in [4.78, 5) is 0. The van der Waals surface area contributed by atoms with Crippen LogP contribution >= 0.6 is 0 Å². The average Bonchev–Trinajstić information content (AvgIpc) is 2.40. The molecule has 0 aliphatic rings. The standard InChI is InChI=1S/C17H21NO2/c1-11(2)15-7-5-14(9-12(15)3)20-17-8-6-13(19-4)10-16(17)18/h5-11H,18H2,1-4H3. The number of nitrogens with two attached hydrogens (primary N) is 1. The summed E-state index contributed by atoms with van der Waals surface area (Å²) < 4.78 is 11.0. The smallest absolute Gasteiger partial charge is 0.150 e. The Morgan fingerprint density at radius 2 is 1.70 bits per heavy atom. The van der Waals surface area contributed by atoms with Gasteiger partial charge in [0.1, 0.15) is 11.5 Å². The van der Waals surface area contributed by atoms with Gasteiger partial charge in [-0.05, 0) is 48.2 Å². The highest BCUT2D eigenvalue weighted by Gasteiger charge is 2.07. The summed E-state index contributed by atoms with van der Waals surface area (Å²) >= 11 is 0. The highest BCUT2D eigenvalue weighted by atomic mass is 16.5. The zero-order valence-electron chi connectivity index (χ0n) is 12.4. The Morgan fingerprint density at radius 3 is 2.25 bits per heavy atom. The van der Waals surface area contributed by atoms with Gasteiger partial charge in [-0.15, -0.1) is 0 Å². The lowest BCUT2D eigenvalue weighted by Crippen LogP contribution is -1.95. The van der Waals surface area contributed by atoms with Crippen LogP contribution in [-0.4, -0.2) is 7.11 Å². The van der Waals surface area contributed by atoms with Gasteiger partial charge in [-0.25, -0.2) is 0 Å². The maximum atomic E-state index is 5.96. The molecule has 0 amide bonds.